The Bertz CT molecular complexity index is 377. The standard InChI is InChI=1S/C13H18O4S/c1-9(15)18-8-12(16)13(17)11-4-2-10(3-5-11)6-7-14/h2-5,12-14,16-17H,6-8H2,1H3. The van der Waals surface area contributed by atoms with Crippen LogP contribution in [0.1, 0.15) is 24.2 Å². The summed E-state index contributed by atoms with van der Waals surface area (Å²) >= 11 is 0.992. The molecule has 0 saturated carbocycles. The van der Waals surface area contributed by atoms with Gasteiger partial charge in [0.25, 0.3) is 0 Å². The van der Waals surface area contributed by atoms with E-state index in [2.05, 4.69) is 0 Å². The van der Waals surface area contributed by atoms with Gasteiger partial charge in [0, 0.05) is 19.3 Å². The third-order valence-electron chi connectivity index (χ3n) is 2.54. The molecule has 0 amide bonds. The van der Waals surface area contributed by atoms with Gasteiger partial charge in [0.1, 0.15) is 6.10 Å². The van der Waals surface area contributed by atoms with Crippen LogP contribution in [-0.4, -0.2) is 38.9 Å². The Hall–Kier alpha value is -0.880. The van der Waals surface area contributed by atoms with E-state index in [0.29, 0.717) is 12.0 Å². The number of aliphatic hydroxyl groups excluding tert-OH is 3. The maximum Gasteiger partial charge on any atom is 0.185 e. The first-order valence-corrected chi connectivity index (χ1v) is 6.72. The Morgan fingerprint density at radius 3 is 2.39 bits per heavy atom. The zero-order valence-electron chi connectivity index (χ0n) is 10.2. The van der Waals surface area contributed by atoms with Crippen LogP contribution in [0.5, 0.6) is 0 Å². The maximum absolute atomic E-state index is 10.8. The van der Waals surface area contributed by atoms with Gasteiger partial charge in [-0.3, -0.25) is 4.79 Å². The minimum atomic E-state index is -1.000. The molecule has 0 aliphatic carbocycles. The number of benzene rings is 1. The second-order valence-corrected chi connectivity index (χ2v) is 5.23. The van der Waals surface area contributed by atoms with E-state index in [1.54, 1.807) is 24.3 Å². The number of aliphatic hydroxyl groups is 3. The number of rotatable bonds is 6. The highest BCUT2D eigenvalue weighted by atomic mass is 32.2. The van der Waals surface area contributed by atoms with Crippen LogP contribution in [0.2, 0.25) is 0 Å². The highest BCUT2D eigenvalue weighted by Crippen LogP contribution is 2.20. The van der Waals surface area contributed by atoms with Gasteiger partial charge in [-0.05, 0) is 17.5 Å². The van der Waals surface area contributed by atoms with E-state index in [4.69, 9.17) is 5.11 Å². The van der Waals surface area contributed by atoms with Crippen LogP contribution < -0.4 is 0 Å². The average molecular weight is 270 g/mol. The third kappa shape index (κ3) is 4.78. The van der Waals surface area contributed by atoms with Gasteiger partial charge in [-0.1, -0.05) is 36.0 Å². The van der Waals surface area contributed by atoms with Gasteiger partial charge in [-0.15, -0.1) is 0 Å². The van der Waals surface area contributed by atoms with Crippen LogP contribution in [0.3, 0.4) is 0 Å². The van der Waals surface area contributed by atoms with Crippen LogP contribution in [0.4, 0.5) is 0 Å². The van der Waals surface area contributed by atoms with Crippen molar-refractivity contribution in [2.75, 3.05) is 12.4 Å². The molecule has 1 aromatic rings. The number of carbonyl (C=O) groups excluding carboxylic acids is 1. The van der Waals surface area contributed by atoms with Crippen molar-refractivity contribution in [2.45, 2.75) is 25.6 Å². The molecule has 0 heterocycles. The molecular formula is C13H18O4S. The zero-order valence-corrected chi connectivity index (χ0v) is 11.1. The van der Waals surface area contributed by atoms with Gasteiger partial charge in [-0.2, -0.15) is 0 Å². The lowest BCUT2D eigenvalue weighted by Gasteiger charge is -2.17. The third-order valence-corrected chi connectivity index (χ3v) is 3.46. The number of thioether (sulfide) groups is 1. The van der Waals surface area contributed by atoms with E-state index in [9.17, 15) is 15.0 Å². The van der Waals surface area contributed by atoms with Crippen molar-refractivity contribution >= 4 is 16.9 Å². The summed E-state index contributed by atoms with van der Waals surface area (Å²) in [6, 6.07) is 7.05. The van der Waals surface area contributed by atoms with E-state index >= 15 is 0 Å². The quantitative estimate of drug-likeness (QED) is 0.716. The van der Waals surface area contributed by atoms with E-state index in [1.807, 2.05) is 0 Å². The Kier molecular flexibility index (Phi) is 6.35. The van der Waals surface area contributed by atoms with E-state index in [0.717, 1.165) is 17.3 Å². The molecule has 1 aromatic carbocycles. The Balaban J connectivity index is 2.59. The van der Waals surface area contributed by atoms with Gasteiger partial charge in [-0.25, -0.2) is 0 Å². The summed E-state index contributed by atoms with van der Waals surface area (Å²) in [4.78, 5) is 10.8. The minimum absolute atomic E-state index is 0.0831. The van der Waals surface area contributed by atoms with Gasteiger partial charge < -0.3 is 15.3 Å². The first-order chi connectivity index (χ1) is 8.54. The zero-order chi connectivity index (χ0) is 13.5. The molecule has 0 aromatic heterocycles. The first kappa shape index (κ1) is 15.2. The molecule has 18 heavy (non-hydrogen) atoms. The molecule has 0 bridgehead atoms. The van der Waals surface area contributed by atoms with Crippen LogP contribution in [0.15, 0.2) is 24.3 Å². The van der Waals surface area contributed by atoms with Crippen molar-refractivity contribution in [3.8, 4) is 0 Å². The van der Waals surface area contributed by atoms with Crippen LogP contribution >= 0.6 is 11.8 Å². The van der Waals surface area contributed by atoms with E-state index in [-0.39, 0.29) is 17.5 Å². The lowest BCUT2D eigenvalue weighted by molar-refractivity contribution is -0.109. The smallest absolute Gasteiger partial charge is 0.185 e. The maximum atomic E-state index is 10.8. The Morgan fingerprint density at radius 1 is 1.28 bits per heavy atom. The summed E-state index contributed by atoms with van der Waals surface area (Å²) in [5.41, 5.74) is 1.58. The summed E-state index contributed by atoms with van der Waals surface area (Å²) < 4.78 is 0. The van der Waals surface area contributed by atoms with Crippen molar-refractivity contribution in [3.63, 3.8) is 0 Å². The molecule has 4 nitrogen and oxygen atoms in total. The van der Waals surface area contributed by atoms with Crippen molar-refractivity contribution < 1.29 is 20.1 Å². The molecule has 0 aliphatic rings. The topological polar surface area (TPSA) is 77.8 Å². The molecule has 3 N–H and O–H groups in total. The van der Waals surface area contributed by atoms with Gasteiger partial charge >= 0.3 is 0 Å². The molecule has 0 fully saturated rings. The molecular weight excluding hydrogens is 252 g/mol. The summed E-state index contributed by atoms with van der Waals surface area (Å²) in [7, 11) is 0. The molecule has 2 atom stereocenters. The predicted octanol–water partition coefficient (Wildman–Crippen LogP) is 0.895. The van der Waals surface area contributed by atoms with Gasteiger partial charge in [0.15, 0.2) is 5.12 Å². The number of hydrogen-bond donors (Lipinski definition) is 3. The molecule has 5 heteroatoms. The summed E-state index contributed by atoms with van der Waals surface area (Å²) in [5, 5.41) is 28.3. The van der Waals surface area contributed by atoms with Crippen molar-refractivity contribution in [1.82, 2.24) is 0 Å². The monoisotopic (exact) mass is 270 g/mol. The van der Waals surface area contributed by atoms with E-state index in [1.165, 1.54) is 6.92 Å². The first-order valence-electron chi connectivity index (χ1n) is 5.73. The van der Waals surface area contributed by atoms with Crippen LogP contribution in [0.25, 0.3) is 0 Å². The second kappa shape index (κ2) is 7.53. The second-order valence-electron chi connectivity index (χ2n) is 4.03. The lowest BCUT2D eigenvalue weighted by Crippen LogP contribution is -2.21. The molecule has 1 rings (SSSR count). The highest BCUT2D eigenvalue weighted by Gasteiger charge is 2.18. The van der Waals surface area contributed by atoms with Crippen molar-refractivity contribution in [2.24, 2.45) is 0 Å². The molecule has 0 saturated heterocycles. The van der Waals surface area contributed by atoms with E-state index < -0.39 is 12.2 Å². The molecule has 0 spiro atoms. The van der Waals surface area contributed by atoms with Crippen molar-refractivity contribution in [3.05, 3.63) is 35.4 Å². The normalized spacial score (nSPS) is 14.2. The summed E-state index contributed by atoms with van der Waals surface area (Å²) in [5.74, 6) is 0.175. The minimum Gasteiger partial charge on any atom is -0.396 e. The number of hydrogen-bond acceptors (Lipinski definition) is 5. The summed E-state index contributed by atoms with van der Waals surface area (Å²) in [6.45, 7) is 1.51. The molecule has 0 aliphatic heterocycles. The molecule has 100 valence electrons. The highest BCUT2D eigenvalue weighted by molar-refractivity contribution is 8.13. The fourth-order valence-corrected chi connectivity index (χ4v) is 2.11. The Labute approximate surface area is 111 Å². The van der Waals surface area contributed by atoms with Gasteiger partial charge in [0.2, 0.25) is 0 Å². The van der Waals surface area contributed by atoms with Crippen LogP contribution in [-0.2, 0) is 11.2 Å². The lowest BCUT2D eigenvalue weighted by atomic mass is 10.0. The van der Waals surface area contributed by atoms with Crippen molar-refractivity contribution in [1.29, 1.82) is 0 Å². The Morgan fingerprint density at radius 2 is 1.89 bits per heavy atom. The van der Waals surface area contributed by atoms with Crippen LogP contribution in [0, 0.1) is 0 Å². The fraction of sp³-hybridized carbons (Fsp3) is 0.462. The SMILES string of the molecule is CC(=O)SCC(O)C(O)c1ccc(CCO)cc1. The molecule has 0 radical (unpaired) electrons. The predicted molar refractivity (Wildman–Crippen MR) is 71.3 cm³/mol. The number of carbonyl (C=O) groups is 1. The summed E-state index contributed by atoms with van der Waals surface area (Å²) in [6.07, 6.45) is -1.40. The molecule has 2 unspecified atom stereocenters. The fourth-order valence-electron chi connectivity index (χ4n) is 1.53. The van der Waals surface area contributed by atoms with Gasteiger partial charge in [0.05, 0.1) is 6.10 Å². The largest absolute Gasteiger partial charge is 0.396 e. The average Bonchev–Trinajstić information content (AvgIpc) is 2.36.